The smallest absolute Gasteiger partial charge is 0.307 e. The lowest BCUT2D eigenvalue weighted by Crippen LogP contribution is -2.31. The van der Waals surface area contributed by atoms with E-state index >= 15 is 0 Å². The number of ether oxygens (including phenoxy) is 2. The van der Waals surface area contributed by atoms with Crippen LogP contribution in [0.15, 0.2) is 42.5 Å². The molecule has 0 aliphatic rings. The van der Waals surface area contributed by atoms with Crippen molar-refractivity contribution >= 4 is 11.9 Å². The van der Waals surface area contributed by atoms with Crippen LogP contribution in [0, 0.1) is 12.7 Å². The van der Waals surface area contributed by atoms with Gasteiger partial charge < -0.3 is 14.8 Å². The van der Waals surface area contributed by atoms with Crippen LogP contribution in [0.25, 0.3) is 0 Å². The van der Waals surface area contributed by atoms with E-state index in [1.807, 2.05) is 25.1 Å². The zero-order valence-corrected chi connectivity index (χ0v) is 15.0. The molecule has 0 aliphatic heterocycles. The Morgan fingerprint density at radius 3 is 2.42 bits per heavy atom. The molecule has 0 saturated heterocycles. The average Bonchev–Trinajstić information content (AvgIpc) is 2.62. The maximum atomic E-state index is 13.2. The molecular formula is C20H22FNO4. The van der Waals surface area contributed by atoms with E-state index in [1.165, 1.54) is 31.4 Å². The second-order valence-corrected chi connectivity index (χ2v) is 5.94. The fourth-order valence-electron chi connectivity index (χ4n) is 2.66. The lowest BCUT2D eigenvalue weighted by atomic mass is 10.0. The zero-order chi connectivity index (χ0) is 19.1. The van der Waals surface area contributed by atoms with Gasteiger partial charge in [-0.05, 0) is 30.7 Å². The summed E-state index contributed by atoms with van der Waals surface area (Å²) in [6.45, 7) is 1.93. The summed E-state index contributed by atoms with van der Waals surface area (Å²) in [5, 5.41) is 2.82. The first-order valence-electron chi connectivity index (χ1n) is 8.18. The van der Waals surface area contributed by atoms with Gasteiger partial charge in [0.25, 0.3) is 0 Å². The van der Waals surface area contributed by atoms with E-state index in [0.29, 0.717) is 11.3 Å². The molecule has 5 nitrogen and oxygen atoms in total. The van der Waals surface area contributed by atoms with Crippen LogP contribution in [-0.4, -0.2) is 26.1 Å². The number of nitrogens with one attached hydrogen (secondary N) is 1. The molecule has 0 saturated carbocycles. The first-order valence-corrected chi connectivity index (χ1v) is 8.18. The number of amides is 1. The van der Waals surface area contributed by atoms with Gasteiger partial charge in [0, 0.05) is 5.56 Å². The fraction of sp³-hybridized carbons (Fsp3) is 0.300. The Bertz CT molecular complexity index is 774. The lowest BCUT2D eigenvalue weighted by molar-refractivity contribution is -0.141. The Balaban J connectivity index is 2.16. The van der Waals surface area contributed by atoms with E-state index in [9.17, 15) is 14.0 Å². The molecule has 0 bridgehead atoms. The van der Waals surface area contributed by atoms with Crippen LogP contribution in [0.1, 0.15) is 29.2 Å². The normalized spacial score (nSPS) is 11.5. The third kappa shape index (κ3) is 5.31. The number of hydrogen-bond acceptors (Lipinski definition) is 4. The minimum Gasteiger partial charge on any atom is -0.496 e. The zero-order valence-electron chi connectivity index (χ0n) is 15.0. The van der Waals surface area contributed by atoms with Crippen LogP contribution < -0.4 is 10.1 Å². The lowest BCUT2D eigenvalue weighted by Gasteiger charge is -2.19. The molecule has 1 atom stereocenters. The maximum Gasteiger partial charge on any atom is 0.307 e. The van der Waals surface area contributed by atoms with Gasteiger partial charge in [0.15, 0.2) is 0 Å². The molecule has 6 heteroatoms. The third-order valence-electron chi connectivity index (χ3n) is 3.99. The SMILES string of the molecule is COC(=O)C[C@@H](NC(=O)Cc1cc(C)ccc1OC)c1ccc(F)cc1. The number of methoxy groups -OCH3 is 2. The summed E-state index contributed by atoms with van der Waals surface area (Å²) in [6.07, 6.45) is 0.0581. The molecule has 138 valence electrons. The molecule has 0 radical (unpaired) electrons. The van der Waals surface area contributed by atoms with Gasteiger partial charge >= 0.3 is 5.97 Å². The molecule has 2 rings (SSSR count). The highest BCUT2D eigenvalue weighted by Crippen LogP contribution is 2.22. The minimum atomic E-state index is -0.605. The summed E-state index contributed by atoms with van der Waals surface area (Å²) in [5.74, 6) is -0.502. The summed E-state index contributed by atoms with van der Waals surface area (Å²) in [4.78, 5) is 24.2. The van der Waals surface area contributed by atoms with Crippen molar-refractivity contribution in [1.82, 2.24) is 5.32 Å². The number of aryl methyl sites for hydroxylation is 1. The Kier molecular flexibility index (Phi) is 6.72. The van der Waals surface area contributed by atoms with E-state index in [0.717, 1.165) is 11.1 Å². The second kappa shape index (κ2) is 8.99. The molecular weight excluding hydrogens is 337 g/mol. The van der Waals surface area contributed by atoms with Gasteiger partial charge in [-0.2, -0.15) is 0 Å². The van der Waals surface area contributed by atoms with Crippen LogP contribution in [-0.2, 0) is 20.7 Å². The van der Waals surface area contributed by atoms with Gasteiger partial charge in [0.2, 0.25) is 5.91 Å². The number of benzene rings is 2. The highest BCUT2D eigenvalue weighted by molar-refractivity contribution is 5.81. The molecule has 2 aromatic carbocycles. The van der Waals surface area contributed by atoms with E-state index in [2.05, 4.69) is 5.32 Å². The first kappa shape index (κ1) is 19.4. The summed E-state index contributed by atoms with van der Waals surface area (Å²) in [5.41, 5.74) is 2.39. The predicted molar refractivity (Wildman–Crippen MR) is 95.4 cm³/mol. The summed E-state index contributed by atoms with van der Waals surface area (Å²) < 4.78 is 23.1. The molecule has 0 aromatic heterocycles. The van der Waals surface area contributed by atoms with Crippen molar-refractivity contribution in [2.45, 2.75) is 25.8 Å². The maximum absolute atomic E-state index is 13.2. The van der Waals surface area contributed by atoms with E-state index in [-0.39, 0.29) is 24.6 Å². The molecule has 0 spiro atoms. The Hall–Kier alpha value is -2.89. The highest BCUT2D eigenvalue weighted by Gasteiger charge is 2.20. The number of carbonyl (C=O) groups excluding carboxylic acids is 2. The van der Waals surface area contributed by atoms with Crippen molar-refractivity contribution in [1.29, 1.82) is 0 Å². The molecule has 0 heterocycles. The van der Waals surface area contributed by atoms with Crippen molar-refractivity contribution in [3.8, 4) is 5.75 Å². The quantitative estimate of drug-likeness (QED) is 0.772. The topological polar surface area (TPSA) is 64.6 Å². The number of esters is 1. The van der Waals surface area contributed by atoms with Gasteiger partial charge in [-0.1, -0.05) is 29.8 Å². The number of halogens is 1. The molecule has 0 fully saturated rings. The van der Waals surface area contributed by atoms with Gasteiger partial charge in [0.05, 0.1) is 33.1 Å². The average molecular weight is 359 g/mol. The van der Waals surface area contributed by atoms with E-state index < -0.39 is 12.0 Å². The van der Waals surface area contributed by atoms with Gasteiger partial charge in [-0.25, -0.2) is 4.39 Å². The van der Waals surface area contributed by atoms with E-state index in [1.54, 1.807) is 7.11 Å². The Morgan fingerprint density at radius 1 is 1.12 bits per heavy atom. The molecule has 0 aliphatic carbocycles. The van der Waals surface area contributed by atoms with Crippen molar-refractivity contribution < 1.29 is 23.5 Å². The van der Waals surface area contributed by atoms with Gasteiger partial charge in [-0.3, -0.25) is 9.59 Å². The van der Waals surface area contributed by atoms with Crippen molar-refractivity contribution in [3.63, 3.8) is 0 Å². The van der Waals surface area contributed by atoms with Crippen molar-refractivity contribution in [2.24, 2.45) is 0 Å². The van der Waals surface area contributed by atoms with Crippen molar-refractivity contribution in [2.75, 3.05) is 14.2 Å². The monoisotopic (exact) mass is 359 g/mol. The largest absolute Gasteiger partial charge is 0.496 e. The molecule has 1 amide bonds. The van der Waals surface area contributed by atoms with Crippen LogP contribution in [0.2, 0.25) is 0 Å². The summed E-state index contributed by atoms with van der Waals surface area (Å²) >= 11 is 0. The standard InChI is InChI=1S/C20H22FNO4/c1-13-4-9-18(25-2)15(10-13)11-19(23)22-17(12-20(24)26-3)14-5-7-16(21)8-6-14/h4-10,17H,11-12H2,1-3H3,(H,22,23)/t17-/m1/s1. The summed E-state index contributed by atoms with van der Waals surface area (Å²) in [7, 11) is 2.83. The highest BCUT2D eigenvalue weighted by atomic mass is 19.1. The van der Waals surface area contributed by atoms with Crippen LogP contribution >= 0.6 is 0 Å². The molecule has 26 heavy (non-hydrogen) atoms. The fourth-order valence-corrected chi connectivity index (χ4v) is 2.66. The van der Waals surface area contributed by atoms with Crippen LogP contribution in [0.5, 0.6) is 5.75 Å². The number of carbonyl (C=O) groups is 2. The minimum absolute atomic E-state index is 0.0428. The molecule has 0 unspecified atom stereocenters. The van der Waals surface area contributed by atoms with Crippen LogP contribution in [0.3, 0.4) is 0 Å². The third-order valence-corrected chi connectivity index (χ3v) is 3.99. The molecule has 1 N–H and O–H groups in total. The van der Waals surface area contributed by atoms with Gasteiger partial charge in [-0.15, -0.1) is 0 Å². The van der Waals surface area contributed by atoms with Crippen molar-refractivity contribution in [3.05, 3.63) is 65.0 Å². The Morgan fingerprint density at radius 2 is 1.81 bits per heavy atom. The van der Waals surface area contributed by atoms with E-state index in [4.69, 9.17) is 9.47 Å². The molecule has 2 aromatic rings. The predicted octanol–water partition coefficient (Wildman–Crippen LogP) is 3.11. The number of rotatable bonds is 7. The summed E-state index contributed by atoms with van der Waals surface area (Å²) in [6, 6.07) is 10.6. The first-order chi connectivity index (χ1) is 12.4. The second-order valence-electron chi connectivity index (χ2n) is 5.94. The Labute approximate surface area is 152 Å². The number of hydrogen-bond donors (Lipinski definition) is 1. The van der Waals surface area contributed by atoms with Crippen LogP contribution in [0.4, 0.5) is 4.39 Å². The van der Waals surface area contributed by atoms with Gasteiger partial charge in [0.1, 0.15) is 11.6 Å².